The molecule has 0 spiro atoms. The molecule has 0 fully saturated rings. The Labute approximate surface area is 138 Å². The predicted molar refractivity (Wildman–Crippen MR) is 87.9 cm³/mol. The van der Waals surface area contributed by atoms with Gasteiger partial charge in [0.2, 0.25) is 10.0 Å². The number of halogens is 1. The first-order valence-electron chi connectivity index (χ1n) is 7.35. The molecule has 0 radical (unpaired) electrons. The van der Waals surface area contributed by atoms with Gasteiger partial charge < -0.3 is 9.47 Å². The van der Waals surface area contributed by atoms with Gasteiger partial charge in [0.1, 0.15) is 0 Å². The van der Waals surface area contributed by atoms with Crippen molar-refractivity contribution in [3.8, 4) is 0 Å². The van der Waals surface area contributed by atoms with Crippen molar-refractivity contribution in [3.63, 3.8) is 0 Å². The van der Waals surface area contributed by atoms with Crippen molar-refractivity contribution in [2.24, 2.45) is 0 Å². The SMILES string of the molecule is CCOCCN(CCOCC)S(=O)(=O)c1ccc(C)c(Cl)c1. The third kappa shape index (κ3) is 5.52. The molecule has 0 amide bonds. The maximum absolute atomic E-state index is 12.7. The summed E-state index contributed by atoms with van der Waals surface area (Å²) in [6.07, 6.45) is 0. The lowest BCUT2D eigenvalue weighted by molar-refractivity contribution is 0.110. The van der Waals surface area contributed by atoms with Gasteiger partial charge in [0.25, 0.3) is 0 Å². The summed E-state index contributed by atoms with van der Waals surface area (Å²) in [6, 6.07) is 4.77. The minimum Gasteiger partial charge on any atom is -0.380 e. The fraction of sp³-hybridized carbons (Fsp3) is 0.600. The Morgan fingerprint density at radius 2 is 1.64 bits per heavy atom. The van der Waals surface area contributed by atoms with E-state index in [0.29, 0.717) is 31.5 Å². The summed E-state index contributed by atoms with van der Waals surface area (Å²) in [5.41, 5.74) is 0.843. The topological polar surface area (TPSA) is 55.8 Å². The highest BCUT2D eigenvalue weighted by Gasteiger charge is 2.24. The van der Waals surface area contributed by atoms with E-state index >= 15 is 0 Å². The highest BCUT2D eigenvalue weighted by molar-refractivity contribution is 7.89. The Bertz CT molecular complexity index is 553. The Morgan fingerprint density at radius 1 is 1.09 bits per heavy atom. The van der Waals surface area contributed by atoms with Crippen LogP contribution in [0.4, 0.5) is 0 Å². The maximum atomic E-state index is 12.7. The molecule has 22 heavy (non-hydrogen) atoms. The first-order valence-corrected chi connectivity index (χ1v) is 9.17. The van der Waals surface area contributed by atoms with Crippen LogP contribution in [-0.2, 0) is 19.5 Å². The molecule has 5 nitrogen and oxygen atoms in total. The van der Waals surface area contributed by atoms with Crippen LogP contribution in [0.2, 0.25) is 5.02 Å². The summed E-state index contributed by atoms with van der Waals surface area (Å²) >= 11 is 6.05. The van der Waals surface area contributed by atoms with Crippen molar-refractivity contribution in [1.82, 2.24) is 4.31 Å². The summed E-state index contributed by atoms with van der Waals surface area (Å²) in [7, 11) is -3.61. The van der Waals surface area contributed by atoms with Crippen LogP contribution in [-0.4, -0.2) is 52.2 Å². The minimum atomic E-state index is -3.61. The van der Waals surface area contributed by atoms with E-state index in [1.165, 1.54) is 10.4 Å². The van der Waals surface area contributed by atoms with Crippen molar-refractivity contribution < 1.29 is 17.9 Å². The zero-order valence-electron chi connectivity index (χ0n) is 13.3. The fourth-order valence-corrected chi connectivity index (χ4v) is 3.54. The van der Waals surface area contributed by atoms with E-state index < -0.39 is 10.0 Å². The Morgan fingerprint density at radius 3 is 2.09 bits per heavy atom. The van der Waals surface area contributed by atoms with Gasteiger partial charge in [-0.3, -0.25) is 0 Å². The average Bonchev–Trinajstić information content (AvgIpc) is 2.48. The van der Waals surface area contributed by atoms with Crippen molar-refractivity contribution in [2.45, 2.75) is 25.7 Å². The number of hydrogen-bond acceptors (Lipinski definition) is 4. The molecule has 0 saturated heterocycles. The Kier molecular flexibility index (Phi) is 8.35. The second-order valence-electron chi connectivity index (χ2n) is 4.71. The zero-order valence-corrected chi connectivity index (χ0v) is 14.9. The molecule has 0 aliphatic heterocycles. The van der Waals surface area contributed by atoms with Crippen molar-refractivity contribution >= 4 is 21.6 Å². The quantitative estimate of drug-likeness (QED) is 0.609. The molecule has 7 heteroatoms. The predicted octanol–water partition coefficient (Wildman–Crippen LogP) is 2.71. The number of aryl methyl sites for hydroxylation is 1. The van der Waals surface area contributed by atoms with Gasteiger partial charge in [0.15, 0.2) is 0 Å². The molecule has 0 atom stereocenters. The molecule has 0 aromatic heterocycles. The standard InChI is InChI=1S/C15H24ClNO4S/c1-4-20-10-8-17(9-11-21-5-2)22(18,19)14-7-6-13(3)15(16)12-14/h6-7,12H,4-5,8-11H2,1-3H3. The molecule has 0 heterocycles. The number of nitrogens with zero attached hydrogens (tertiary/aromatic N) is 1. The first-order chi connectivity index (χ1) is 10.4. The molecular weight excluding hydrogens is 326 g/mol. The van der Waals surface area contributed by atoms with Gasteiger partial charge in [-0.15, -0.1) is 0 Å². The first kappa shape index (κ1) is 19.4. The summed E-state index contributed by atoms with van der Waals surface area (Å²) in [5, 5.41) is 0.440. The van der Waals surface area contributed by atoms with Gasteiger partial charge in [-0.1, -0.05) is 17.7 Å². The van der Waals surface area contributed by atoms with E-state index in [1.807, 2.05) is 20.8 Å². The molecule has 1 aromatic carbocycles. The van der Waals surface area contributed by atoms with E-state index in [1.54, 1.807) is 12.1 Å². The normalized spacial score (nSPS) is 12.0. The number of sulfonamides is 1. The van der Waals surface area contributed by atoms with Crippen LogP contribution in [0.25, 0.3) is 0 Å². The fourth-order valence-electron chi connectivity index (χ4n) is 1.86. The van der Waals surface area contributed by atoms with Crippen molar-refractivity contribution in [2.75, 3.05) is 39.5 Å². The molecule has 0 unspecified atom stereocenters. The number of ether oxygens (including phenoxy) is 2. The van der Waals surface area contributed by atoms with Crippen LogP contribution < -0.4 is 0 Å². The van der Waals surface area contributed by atoms with Crippen LogP contribution in [0.1, 0.15) is 19.4 Å². The molecule has 1 aromatic rings. The largest absolute Gasteiger partial charge is 0.380 e. The van der Waals surface area contributed by atoms with Gasteiger partial charge in [-0.25, -0.2) is 8.42 Å². The average molecular weight is 350 g/mol. The summed E-state index contributed by atoms with van der Waals surface area (Å²) in [5.74, 6) is 0. The van der Waals surface area contributed by atoms with Gasteiger partial charge in [0, 0.05) is 31.3 Å². The van der Waals surface area contributed by atoms with Crippen LogP contribution in [0.5, 0.6) is 0 Å². The van der Waals surface area contributed by atoms with E-state index in [0.717, 1.165) is 5.56 Å². The molecule has 126 valence electrons. The monoisotopic (exact) mass is 349 g/mol. The number of hydrogen-bond donors (Lipinski definition) is 0. The third-order valence-corrected chi connectivity index (χ3v) is 5.46. The number of benzene rings is 1. The van der Waals surface area contributed by atoms with Gasteiger partial charge >= 0.3 is 0 Å². The van der Waals surface area contributed by atoms with Gasteiger partial charge in [-0.2, -0.15) is 4.31 Å². The number of rotatable bonds is 10. The van der Waals surface area contributed by atoms with E-state index in [9.17, 15) is 8.42 Å². The van der Waals surface area contributed by atoms with Crippen molar-refractivity contribution in [1.29, 1.82) is 0 Å². The van der Waals surface area contributed by atoms with Gasteiger partial charge in [0.05, 0.1) is 18.1 Å². The van der Waals surface area contributed by atoms with Crippen LogP contribution in [0.3, 0.4) is 0 Å². The molecule has 0 aliphatic rings. The molecule has 0 N–H and O–H groups in total. The minimum absolute atomic E-state index is 0.191. The van der Waals surface area contributed by atoms with E-state index in [4.69, 9.17) is 21.1 Å². The van der Waals surface area contributed by atoms with Crippen LogP contribution in [0, 0.1) is 6.92 Å². The van der Waals surface area contributed by atoms with Crippen LogP contribution in [0.15, 0.2) is 23.1 Å². The van der Waals surface area contributed by atoms with Crippen molar-refractivity contribution in [3.05, 3.63) is 28.8 Å². The molecule has 1 rings (SSSR count). The van der Waals surface area contributed by atoms with Crippen LogP contribution >= 0.6 is 11.6 Å². The lowest BCUT2D eigenvalue weighted by Gasteiger charge is -2.22. The molecular formula is C15H24ClNO4S. The smallest absolute Gasteiger partial charge is 0.243 e. The second-order valence-corrected chi connectivity index (χ2v) is 7.05. The Balaban J connectivity index is 2.94. The maximum Gasteiger partial charge on any atom is 0.243 e. The summed E-state index contributed by atoms with van der Waals surface area (Å²) in [6.45, 7) is 7.95. The molecule has 0 saturated carbocycles. The third-order valence-electron chi connectivity index (χ3n) is 3.16. The second kappa shape index (κ2) is 9.47. The van der Waals surface area contributed by atoms with Gasteiger partial charge in [-0.05, 0) is 38.5 Å². The zero-order chi connectivity index (χ0) is 16.6. The highest BCUT2D eigenvalue weighted by atomic mass is 35.5. The molecule has 0 bridgehead atoms. The Hall–Kier alpha value is -0.660. The highest BCUT2D eigenvalue weighted by Crippen LogP contribution is 2.22. The summed E-state index contributed by atoms with van der Waals surface area (Å²) in [4.78, 5) is 0.191. The summed E-state index contributed by atoms with van der Waals surface area (Å²) < 4.78 is 37.4. The lowest BCUT2D eigenvalue weighted by atomic mass is 10.2. The van der Waals surface area contributed by atoms with E-state index in [2.05, 4.69) is 0 Å². The lowest BCUT2D eigenvalue weighted by Crippen LogP contribution is -2.36. The van der Waals surface area contributed by atoms with E-state index in [-0.39, 0.29) is 18.0 Å². The molecule has 0 aliphatic carbocycles.